The number of methoxy groups -OCH3 is 1. The van der Waals surface area contributed by atoms with E-state index in [2.05, 4.69) is 17.2 Å². The smallest absolute Gasteiger partial charge is 0.248 e. The van der Waals surface area contributed by atoms with Crippen LogP contribution in [0.5, 0.6) is 0 Å². The average Bonchev–Trinajstić information content (AvgIpc) is 3.04. The number of hydrogen-bond donors (Lipinski definition) is 0. The van der Waals surface area contributed by atoms with Crippen molar-refractivity contribution in [2.45, 2.75) is 64.7 Å². The summed E-state index contributed by atoms with van der Waals surface area (Å²) in [5.41, 5.74) is 1.10. The Hall–Kier alpha value is -1.02. The molecule has 28 heavy (non-hydrogen) atoms. The molecule has 1 aromatic heterocycles. The summed E-state index contributed by atoms with van der Waals surface area (Å²) >= 11 is 1.66. The van der Waals surface area contributed by atoms with E-state index < -0.39 is 0 Å². The first-order chi connectivity index (χ1) is 13.6. The molecule has 0 N–H and O–H groups in total. The number of thiazole rings is 1. The molecule has 2 fully saturated rings. The Kier molecular flexibility index (Phi) is 8.26. The van der Waals surface area contributed by atoms with Gasteiger partial charge in [-0.2, -0.15) is 0 Å². The number of rotatable bonds is 7. The van der Waals surface area contributed by atoms with Crippen molar-refractivity contribution in [3.05, 3.63) is 16.1 Å². The Bertz CT molecular complexity index is 624. The van der Waals surface area contributed by atoms with Gasteiger partial charge in [-0.05, 0) is 32.1 Å². The van der Waals surface area contributed by atoms with Crippen molar-refractivity contribution in [2.75, 3.05) is 39.9 Å². The van der Waals surface area contributed by atoms with Crippen LogP contribution in [0.25, 0.3) is 0 Å². The van der Waals surface area contributed by atoms with Crippen LogP contribution in [0, 0.1) is 5.92 Å². The number of carbonyl (C=O) groups excluding carboxylic acids is 1. The van der Waals surface area contributed by atoms with Gasteiger partial charge < -0.3 is 14.4 Å². The molecule has 158 valence electrons. The Morgan fingerprint density at radius 1 is 1.25 bits per heavy atom. The van der Waals surface area contributed by atoms with Gasteiger partial charge in [-0.1, -0.05) is 19.8 Å². The number of amides is 1. The van der Waals surface area contributed by atoms with Crippen LogP contribution < -0.4 is 0 Å². The largest absolute Gasteiger partial charge is 0.375 e. The minimum atomic E-state index is 0.0443. The third-order valence-corrected chi connectivity index (χ3v) is 7.11. The Balaban J connectivity index is 1.43. The van der Waals surface area contributed by atoms with Gasteiger partial charge in [0.2, 0.25) is 5.91 Å². The van der Waals surface area contributed by atoms with Gasteiger partial charge in [0, 0.05) is 45.2 Å². The highest BCUT2D eigenvalue weighted by molar-refractivity contribution is 7.09. The summed E-state index contributed by atoms with van der Waals surface area (Å²) in [7, 11) is 1.71. The molecule has 0 radical (unpaired) electrons. The van der Waals surface area contributed by atoms with E-state index in [9.17, 15) is 4.79 Å². The fourth-order valence-corrected chi connectivity index (χ4v) is 4.93. The topological polar surface area (TPSA) is 54.9 Å². The lowest BCUT2D eigenvalue weighted by atomic mass is 9.88. The molecule has 0 spiro atoms. The minimum absolute atomic E-state index is 0.0443. The van der Waals surface area contributed by atoms with Crippen molar-refractivity contribution in [1.82, 2.24) is 14.8 Å². The summed E-state index contributed by atoms with van der Waals surface area (Å²) in [6.45, 7) is 8.82. The zero-order valence-corrected chi connectivity index (χ0v) is 18.4. The van der Waals surface area contributed by atoms with E-state index in [0.29, 0.717) is 5.92 Å². The molecule has 7 heteroatoms. The molecule has 2 aliphatic rings. The maximum atomic E-state index is 12.6. The molecule has 6 nitrogen and oxygen atoms in total. The maximum absolute atomic E-state index is 12.6. The van der Waals surface area contributed by atoms with Crippen LogP contribution >= 0.6 is 11.3 Å². The van der Waals surface area contributed by atoms with Gasteiger partial charge in [0.05, 0.1) is 11.8 Å². The van der Waals surface area contributed by atoms with Crippen molar-refractivity contribution < 1.29 is 14.3 Å². The van der Waals surface area contributed by atoms with E-state index in [4.69, 9.17) is 14.5 Å². The predicted molar refractivity (Wildman–Crippen MR) is 111 cm³/mol. The molecule has 1 aromatic rings. The fraction of sp³-hybridized carbons (Fsp3) is 0.810. The zero-order chi connectivity index (χ0) is 19.9. The normalized spacial score (nSPS) is 25.5. The van der Waals surface area contributed by atoms with Gasteiger partial charge in [-0.25, -0.2) is 4.98 Å². The van der Waals surface area contributed by atoms with E-state index in [-0.39, 0.29) is 24.7 Å². The zero-order valence-electron chi connectivity index (χ0n) is 17.6. The first kappa shape index (κ1) is 21.7. The quantitative estimate of drug-likeness (QED) is 0.690. The SMILES string of the molecule is CO[C@H](C)c1nc(CN2CCCN(C(=O)CO[C@H]3CCCC[C@H]3C)CC2)cs1. The van der Waals surface area contributed by atoms with Crippen LogP contribution in [0.1, 0.15) is 62.8 Å². The molecule has 0 aromatic carbocycles. The molecule has 0 unspecified atom stereocenters. The molecule has 2 heterocycles. The van der Waals surface area contributed by atoms with Gasteiger partial charge in [0.1, 0.15) is 17.7 Å². The van der Waals surface area contributed by atoms with Crippen molar-refractivity contribution >= 4 is 17.2 Å². The predicted octanol–water partition coefficient (Wildman–Crippen LogP) is 3.48. The van der Waals surface area contributed by atoms with Crippen molar-refractivity contribution in [3.8, 4) is 0 Å². The standard InChI is InChI=1S/C21H35N3O3S/c1-16-7-4-5-8-19(16)27-14-20(25)24-10-6-9-23(11-12-24)13-18-15-28-21(22-18)17(2)26-3/h15-17,19H,4-14H2,1-3H3/t16-,17-,19+/m1/s1. The molecular formula is C21H35N3O3S. The van der Waals surface area contributed by atoms with E-state index in [1.165, 1.54) is 19.3 Å². The number of hydrogen-bond acceptors (Lipinski definition) is 6. The highest BCUT2D eigenvalue weighted by Crippen LogP contribution is 2.26. The molecule has 1 saturated carbocycles. The number of aromatic nitrogens is 1. The molecule has 1 aliphatic carbocycles. The lowest BCUT2D eigenvalue weighted by Gasteiger charge is -2.29. The van der Waals surface area contributed by atoms with Crippen LogP contribution in [-0.2, 0) is 20.8 Å². The van der Waals surface area contributed by atoms with Gasteiger partial charge in [-0.15, -0.1) is 11.3 Å². The van der Waals surface area contributed by atoms with E-state index in [1.54, 1.807) is 18.4 Å². The highest BCUT2D eigenvalue weighted by Gasteiger charge is 2.25. The van der Waals surface area contributed by atoms with Crippen molar-refractivity contribution in [2.24, 2.45) is 5.92 Å². The summed E-state index contributed by atoms with van der Waals surface area (Å²) in [5.74, 6) is 0.717. The summed E-state index contributed by atoms with van der Waals surface area (Å²) in [6, 6.07) is 0. The van der Waals surface area contributed by atoms with E-state index in [0.717, 1.165) is 56.3 Å². The second-order valence-electron chi connectivity index (χ2n) is 8.18. The monoisotopic (exact) mass is 409 g/mol. The maximum Gasteiger partial charge on any atom is 0.248 e. The lowest BCUT2D eigenvalue weighted by molar-refractivity contribution is -0.140. The van der Waals surface area contributed by atoms with Gasteiger partial charge in [-0.3, -0.25) is 9.69 Å². The third-order valence-electron chi connectivity index (χ3n) is 6.05. The number of carbonyl (C=O) groups is 1. The molecule has 1 amide bonds. The van der Waals surface area contributed by atoms with Crippen molar-refractivity contribution in [3.63, 3.8) is 0 Å². The summed E-state index contributed by atoms with van der Waals surface area (Å²) in [4.78, 5) is 21.7. The molecular weight excluding hydrogens is 374 g/mol. The Labute approximate surface area is 173 Å². The molecule has 1 saturated heterocycles. The highest BCUT2D eigenvalue weighted by atomic mass is 32.1. The molecule has 0 bridgehead atoms. The van der Waals surface area contributed by atoms with Crippen LogP contribution in [0.2, 0.25) is 0 Å². The molecule has 3 atom stereocenters. The Morgan fingerprint density at radius 2 is 2.07 bits per heavy atom. The van der Waals surface area contributed by atoms with Gasteiger partial charge in [0.25, 0.3) is 0 Å². The first-order valence-electron chi connectivity index (χ1n) is 10.7. The molecule has 3 rings (SSSR count). The lowest BCUT2D eigenvalue weighted by Crippen LogP contribution is -2.39. The summed E-state index contributed by atoms with van der Waals surface area (Å²) in [5, 5.41) is 3.15. The van der Waals surface area contributed by atoms with Crippen molar-refractivity contribution in [1.29, 1.82) is 0 Å². The number of nitrogens with zero attached hydrogens (tertiary/aromatic N) is 3. The average molecular weight is 410 g/mol. The van der Waals surface area contributed by atoms with E-state index in [1.807, 2.05) is 11.8 Å². The van der Waals surface area contributed by atoms with Gasteiger partial charge >= 0.3 is 0 Å². The third kappa shape index (κ3) is 5.99. The minimum Gasteiger partial charge on any atom is -0.375 e. The molecule has 1 aliphatic heterocycles. The first-order valence-corrected chi connectivity index (χ1v) is 11.5. The van der Waals surface area contributed by atoms with Crippen LogP contribution in [0.3, 0.4) is 0 Å². The van der Waals surface area contributed by atoms with Crippen LogP contribution in [0.15, 0.2) is 5.38 Å². The van der Waals surface area contributed by atoms with Crippen LogP contribution in [-0.4, -0.2) is 66.7 Å². The fourth-order valence-electron chi connectivity index (χ4n) is 4.09. The van der Waals surface area contributed by atoms with Crippen LogP contribution in [0.4, 0.5) is 0 Å². The second kappa shape index (κ2) is 10.7. The van der Waals surface area contributed by atoms with Gasteiger partial charge in [0.15, 0.2) is 0 Å². The second-order valence-corrected chi connectivity index (χ2v) is 9.07. The summed E-state index contributed by atoms with van der Waals surface area (Å²) in [6.07, 6.45) is 6.14. The summed E-state index contributed by atoms with van der Waals surface area (Å²) < 4.78 is 11.3. The van der Waals surface area contributed by atoms with E-state index >= 15 is 0 Å². The Morgan fingerprint density at radius 3 is 2.86 bits per heavy atom. The number of ether oxygens (including phenoxy) is 2.